The lowest BCUT2D eigenvalue weighted by atomic mass is 10.2. The van der Waals surface area contributed by atoms with Crippen LogP contribution in [-0.2, 0) is 9.47 Å². The van der Waals surface area contributed by atoms with Gasteiger partial charge in [-0.1, -0.05) is 13.3 Å². The lowest BCUT2D eigenvalue weighted by molar-refractivity contribution is -0.201. The molecule has 0 saturated carbocycles. The Bertz CT molecular complexity index is 193. The van der Waals surface area contributed by atoms with E-state index in [1.165, 1.54) is 0 Å². The molecule has 2 atom stereocenters. The van der Waals surface area contributed by atoms with Crippen LogP contribution in [0, 0.1) is 0 Å². The van der Waals surface area contributed by atoms with Gasteiger partial charge in [0.2, 0.25) is 0 Å². The third kappa shape index (κ3) is 1.39. The van der Waals surface area contributed by atoms with Gasteiger partial charge in [-0.05, 0) is 12.8 Å². The van der Waals surface area contributed by atoms with Crippen molar-refractivity contribution in [2.24, 2.45) is 4.99 Å². The summed E-state index contributed by atoms with van der Waals surface area (Å²) < 4.78 is 11.2. The minimum atomic E-state index is -0.570. The van der Waals surface area contributed by atoms with Gasteiger partial charge in [-0.2, -0.15) is 0 Å². The average molecular weight is 169 g/mol. The van der Waals surface area contributed by atoms with Gasteiger partial charge in [0.05, 0.1) is 12.7 Å². The molecule has 1 fully saturated rings. The number of hydrogen-bond acceptors (Lipinski definition) is 3. The Balaban J connectivity index is 1.83. The zero-order valence-electron chi connectivity index (χ0n) is 7.45. The molecule has 2 heterocycles. The summed E-state index contributed by atoms with van der Waals surface area (Å²) in [4.78, 5) is 4.24. The molecule has 0 aromatic carbocycles. The third-order valence-electron chi connectivity index (χ3n) is 2.34. The van der Waals surface area contributed by atoms with Crippen LogP contribution in [0.4, 0.5) is 0 Å². The summed E-state index contributed by atoms with van der Waals surface area (Å²) in [5.74, 6) is -0.570. The first-order valence-electron chi connectivity index (χ1n) is 4.72. The number of rotatable bonds is 4. The molecule has 0 radical (unpaired) electrons. The topological polar surface area (TPSA) is 30.8 Å². The minimum Gasteiger partial charge on any atom is -0.331 e. The van der Waals surface area contributed by atoms with Crippen molar-refractivity contribution in [1.82, 2.24) is 0 Å². The quantitative estimate of drug-likeness (QED) is 0.600. The highest BCUT2D eigenvalue weighted by atomic mass is 16.7. The lowest BCUT2D eigenvalue weighted by Crippen LogP contribution is -2.27. The molecule has 0 spiro atoms. The number of ether oxygens (including phenoxy) is 2. The van der Waals surface area contributed by atoms with Crippen molar-refractivity contribution in [3.05, 3.63) is 0 Å². The van der Waals surface area contributed by atoms with Gasteiger partial charge in [0.15, 0.2) is 0 Å². The summed E-state index contributed by atoms with van der Waals surface area (Å²) in [7, 11) is 0. The lowest BCUT2D eigenvalue weighted by Gasteiger charge is -2.20. The summed E-state index contributed by atoms with van der Waals surface area (Å²) in [5, 5.41) is 0. The molecule has 0 aliphatic carbocycles. The molecule has 2 bridgehead atoms. The Labute approximate surface area is 72.8 Å². The molecule has 12 heavy (non-hydrogen) atoms. The van der Waals surface area contributed by atoms with E-state index in [0.29, 0.717) is 0 Å². The van der Waals surface area contributed by atoms with Crippen LogP contribution in [0.1, 0.15) is 32.6 Å². The summed E-state index contributed by atoms with van der Waals surface area (Å²) in [5.41, 5.74) is 0. The normalized spacial score (nSPS) is 37.9. The van der Waals surface area contributed by atoms with Crippen molar-refractivity contribution in [1.29, 1.82) is 0 Å². The molecule has 2 aliphatic rings. The van der Waals surface area contributed by atoms with Crippen LogP contribution in [0.25, 0.3) is 0 Å². The highest BCUT2D eigenvalue weighted by molar-refractivity contribution is 5.66. The highest BCUT2D eigenvalue weighted by Gasteiger charge is 2.44. The average Bonchev–Trinajstić information content (AvgIpc) is 2.64. The Morgan fingerprint density at radius 2 is 2.67 bits per heavy atom. The van der Waals surface area contributed by atoms with Crippen LogP contribution >= 0.6 is 0 Å². The van der Waals surface area contributed by atoms with Gasteiger partial charge in [-0.15, -0.1) is 0 Å². The maximum absolute atomic E-state index is 5.60. The van der Waals surface area contributed by atoms with Gasteiger partial charge in [0.25, 0.3) is 5.91 Å². The largest absolute Gasteiger partial charge is 0.331 e. The predicted molar refractivity (Wildman–Crippen MR) is 46.2 cm³/mol. The molecule has 2 aliphatic heterocycles. The smallest absolute Gasteiger partial charge is 0.269 e. The molecular weight excluding hydrogens is 154 g/mol. The number of unbranched alkanes of at least 4 members (excludes halogenated alkanes) is 1. The van der Waals surface area contributed by atoms with E-state index in [1.54, 1.807) is 0 Å². The molecule has 3 heteroatoms. The first kappa shape index (κ1) is 8.20. The standard InChI is InChI=1S/C9H15NO2/c1-2-3-6-11-9-5-4-8(12-9)7-10-9/h7-8H,2-6H2,1H3. The second-order valence-electron chi connectivity index (χ2n) is 3.39. The van der Waals surface area contributed by atoms with Crippen LogP contribution in [-0.4, -0.2) is 24.8 Å². The van der Waals surface area contributed by atoms with Gasteiger partial charge in [0.1, 0.15) is 0 Å². The zero-order valence-corrected chi connectivity index (χ0v) is 7.45. The molecule has 1 saturated heterocycles. The summed E-state index contributed by atoms with van der Waals surface area (Å²) in [6, 6.07) is 0. The van der Waals surface area contributed by atoms with Crippen molar-refractivity contribution in [2.45, 2.75) is 44.6 Å². The van der Waals surface area contributed by atoms with E-state index in [0.717, 1.165) is 32.3 Å². The molecule has 0 aromatic rings. The van der Waals surface area contributed by atoms with E-state index in [1.807, 2.05) is 6.21 Å². The van der Waals surface area contributed by atoms with Crippen LogP contribution in [0.15, 0.2) is 4.99 Å². The van der Waals surface area contributed by atoms with Gasteiger partial charge >= 0.3 is 0 Å². The number of nitrogens with zero attached hydrogens (tertiary/aromatic N) is 1. The molecule has 68 valence electrons. The van der Waals surface area contributed by atoms with Crippen LogP contribution in [0.3, 0.4) is 0 Å². The Hall–Kier alpha value is -0.410. The molecule has 2 unspecified atom stereocenters. The zero-order chi connectivity index (χ0) is 8.44. The molecule has 2 rings (SSSR count). The van der Waals surface area contributed by atoms with Gasteiger partial charge in [-0.25, -0.2) is 4.99 Å². The van der Waals surface area contributed by atoms with Crippen molar-refractivity contribution < 1.29 is 9.47 Å². The molecule has 0 aromatic heterocycles. The fourth-order valence-electron chi connectivity index (χ4n) is 1.60. The number of aliphatic imine (C=N–C) groups is 1. The van der Waals surface area contributed by atoms with E-state index in [2.05, 4.69) is 11.9 Å². The number of fused-ring (bicyclic) bond motifs is 2. The van der Waals surface area contributed by atoms with Crippen molar-refractivity contribution in [3.63, 3.8) is 0 Å². The summed E-state index contributed by atoms with van der Waals surface area (Å²) in [6.45, 7) is 2.91. The predicted octanol–water partition coefficient (Wildman–Crippen LogP) is 1.72. The first-order valence-corrected chi connectivity index (χ1v) is 4.72. The maximum atomic E-state index is 5.60. The first-order chi connectivity index (χ1) is 5.85. The Kier molecular flexibility index (Phi) is 2.15. The van der Waals surface area contributed by atoms with E-state index in [9.17, 15) is 0 Å². The van der Waals surface area contributed by atoms with Crippen molar-refractivity contribution in [2.75, 3.05) is 6.61 Å². The van der Waals surface area contributed by atoms with Crippen LogP contribution in [0.5, 0.6) is 0 Å². The van der Waals surface area contributed by atoms with E-state index in [4.69, 9.17) is 9.47 Å². The molecule has 3 nitrogen and oxygen atoms in total. The van der Waals surface area contributed by atoms with Crippen LogP contribution < -0.4 is 0 Å². The summed E-state index contributed by atoms with van der Waals surface area (Å²) >= 11 is 0. The monoisotopic (exact) mass is 169 g/mol. The second-order valence-corrected chi connectivity index (χ2v) is 3.39. The maximum Gasteiger partial charge on any atom is 0.269 e. The summed E-state index contributed by atoms with van der Waals surface area (Å²) in [6.07, 6.45) is 6.34. The fraction of sp³-hybridized carbons (Fsp3) is 0.889. The van der Waals surface area contributed by atoms with Gasteiger partial charge in [-0.3, -0.25) is 0 Å². The number of hydrogen-bond donors (Lipinski definition) is 0. The minimum absolute atomic E-state index is 0.228. The molecular formula is C9H15NO2. The fourth-order valence-corrected chi connectivity index (χ4v) is 1.60. The van der Waals surface area contributed by atoms with E-state index in [-0.39, 0.29) is 6.10 Å². The molecule has 0 amide bonds. The van der Waals surface area contributed by atoms with E-state index >= 15 is 0 Å². The molecule has 0 N–H and O–H groups in total. The second kappa shape index (κ2) is 3.15. The van der Waals surface area contributed by atoms with Crippen molar-refractivity contribution in [3.8, 4) is 0 Å². The van der Waals surface area contributed by atoms with Gasteiger partial charge < -0.3 is 9.47 Å². The third-order valence-corrected chi connectivity index (χ3v) is 2.34. The van der Waals surface area contributed by atoms with Gasteiger partial charge in [0, 0.05) is 12.6 Å². The van der Waals surface area contributed by atoms with Crippen molar-refractivity contribution >= 4 is 6.21 Å². The van der Waals surface area contributed by atoms with E-state index < -0.39 is 5.91 Å². The van der Waals surface area contributed by atoms with Crippen LogP contribution in [0.2, 0.25) is 0 Å². The Morgan fingerprint density at radius 1 is 1.75 bits per heavy atom. The highest BCUT2D eigenvalue weighted by Crippen LogP contribution is 2.36. The Morgan fingerprint density at radius 3 is 3.17 bits per heavy atom. The SMILES string of the molecule is CCCCOC12CCC(C=N1)O2.